The largest absolute Gasteiger partial charge is 0.299 e. The van der Waals surface area contributed by atoms with Crippen LogP contribution in [0.25, 0.3) is 0 Å². The van der Waals surface area contributed by atoms with Crippen LogP contribution in [0.4, 0.5) is 0 Å². The molecule has 0 aromatic carbocycles. The van der Waals surface area contributed by atoms with Crippen LogP contribution in [0.5, 0.6) is 0 Å². The molecule has 0 spiro atoms. The first-order valence-electron chi connectivity index (χ1n) is 4.24. The van der Waals surface area contributed by atoms with Crippen molar-refractivity contribution in [1.82, 2.24) is 15.0 Å². The number of rotatable bonds is 1. The third kappa shape index (κ3) is 1.03. The van der Waals surface area contributed by atoms with Crippen LogP contribution in [-0.2, 0) is 24.2 Å². The van der Waals surface area contributed by atoms with E-state index >= 15 is 0 Å². The van der Waals surface area contributed by atoms with Crippen molar-refractivity contribution >= 4 is 5.78 Å². The summed E-state index contributed by atoms with van der Waals surface area (Å²) in [5.74, 6) is 0.305. The lowest BCUT2D eigenvalue weighted by Gasteiger charge is -2.09. The van der Waals surface area contributed by atoms with E-state index in [2.05, 4.69) is 10.3 Å². The highest BCUT2D eigenvalue weighted by atomic mass is 16.1. The standard InChI is InChI=1S/C8H11N3O/c1-2-11-8-5-6(12)3-4-7(8)9-10-11/h2-5H2,1H3. The fourth-order valence-electron chi connectivity index (χ4n) is 1.54. The zero-order valence-corrected chi connectivity index (χ0v) is 7.08. The maximum atomic E-state index is 11.1. The summed E-state index contributed by atoms with van der Waals surface area (Å²) >= 11 is 0. The Balaban J connectivity index is 2.40. The summed E-state index contributed by atoms with van der Waals surface area (Å²) in [6.07, 6.45) is 1.93. The molecular weight excluding hydrogens is 154 g/mol. The van der Waals surface area contributed by atoms with Gasteiger partial charge in [-0.25, -0.2) is 4.68 Å². The highest BCUT2D eigenvalue weighted by Crippen LogP contribution is 2.15. The maximum Gasteiger partial charge on any atom is 0.139 e. The zero-order chi connectivity index (χ0) is 8.55. The van der Waals surface area contributed by atoms with Crippen LogP contribution in [0.15, 0.2) is 0 Å². The lowest BCUT2D eigenvalue weighted by Crippen LogP contribution is -2.16. The highest BCUT2D eigenvalue weighted by Gasteiger charge is 2.20. The molecule has 0 atom stereocenters. The van der Waals surface area contributed by atoms with Crippen LogP contribution in [0.3, 0.4) is 0 Å². The average molecular weight is 165 g/mol. The Bertz CT molecular complexity index is 303. The number of aromatic nitrogens is 3. The summed E-state index contributed by atoms with van der Waals surface area (Å²) in [5, 5.41) is 7.99. The fourth-order valence-corrected chi connectivity index (χ4v) is 1.54. The zero-order valence-electron chi connectivity index (χ0n) is 7.08. The predicted octanol–water partition coefficient (Wildman–Crippen LogP) is 0.356. The van der Waals surface area contributed by atoms with Gasteiger partial charge in [0.25, 0.3) is 0 Å². The van der Waals surface area contributed by atoms with Crippen molar-refractivity contribution in [2.24, 2.45) is 0 Å². The van der Waals surface area contributed by atoms with E-state index < -0.39 is 0 Å². The Labute approximate surface area is 70.6 Å². The number of hydrogen-bond donors (Lipinski definition) is 0. The molecule has 64 valence electrons. The number of aryl methyl sites for hydroxylation is 2. The van der Waals surface area contributed by atoms with Crippen molar-refractivity contribution in [1.29, 1.82) is 0 Å². The van der Waals surface area contributed by atoms with Crippen LogP contribution >= 0.6 is 0 Å². The molecule has 0 saturated heterocycles. The van der Waals surface area contributed by atoms with Crippen LogP contribution in [0.2, 0.25) is 0 Å². The molecule has 0 fully saturated rings. The Morgan fingerprint density at radius 1 is 1.50 bits per heavy atom. The van der Waals surface area contributed by atoms with E-state index in [1.54, 1.807) is 0 Å². The van der Waals surface area contributed by atoms with Gasteiger partial charge in [-0.1, -0.05) is 5.21 Å². The molecule has 12 heavy (non-hydrogen) atoms. The van der Waals surface area contributed by atoms with E-state index in [0.29, 0.717) is 18.6 Å². The summed E-state index contributed by atoms with van der Waals surface area (Å²) < 4.78 is 1.81. The van der Waals surface area contributed by atoms with Gasteiger partial charge in [-0.3, -0.25) is 4.79 Å². The van der Waals surface area contributed by atoms with Gasteiger partial charge < -0.3 is 0 Å². The van der Waals surface area contributed by atoms with Crippen molar-refractivity contribution in [3.8, 4) is 0 Å². The molecule has 1 heterocycles. The van der Waals surface area contributed by atoms with Gasteiger partial charge in [0.05, 0.1) is 17.8 Å². The van der Waals surface area contributed by atoms with E-state index in [-0.39, 0.29) is 0 Å². The number of Topliss-reactive ketones (excluding diaryl/α,β-unsaturated/α-hetero) is 1. The van der Waals surface area contributed by atoms with Gasteiger partial charge in [-0.2, -0.15) is 0 Å². The van der Waals surface area contributed by atoms with Crippen LogP contribution in [-0.4, -0.2) is 20.8 Å². The van der Waals surface area contributed by atoms with Crippen LogP contribution < -0.4 is 0 Å². The maximum absolute atomic E-state index is 11.1. The Morgan fingerprint density at radius 3 is 3.08 bits per heavy atom. The number of nitrogens with zero attached hydrogens (tertiary/aromatic N) is 3. The fraction of sp³-hybridized carbons (Fsp3) is 0.625. The Hall–Kier alpha value is -1.19. The van der Waals surface area contributed by atoms with Crippen molar-refractivity contribution in [2.45, 2.75) is 32.7 Å². The van der Waals surface area contributed by atoms with E-state index in [1.807, 2.05) is 11.6 Å². The van der Waals surface area contributed by atoms with E-state index in [1.165, 1.54) is 0 Å². The van der Waals surface area contributed by atoms with Gasteiger partial charge in [-0.15, -0.1) is 5.10 Å². The number of carbonyl (C=O) groups is 1. The second-order valence-electron chi connectivity index (χ2n) is 3.01. The van der Waals surface area contributed by atoms with E-state index in [9.17, 15) is 4.79 Å². The summed E-state index contributed by atoms with van der Waals surface area (Å²) in [4.78, 5) is 11.1. The van der Waals surface area contributed by atoms with Gasteiger partial charge >= 0.3 is 0 Å². The van der Waals surface area contributed by atoms with Crippen LogP contribution in [0.1, 0.15) is 24.7 Å². The molecule has 0 amide bonds. The number of fused-ring (bicyclic) bond motifs is 1. The summed E-state index contributed by atoms with van der Waals surface area (Å²) in [6, 6.07) is 0. The first-order chi connectivity index (χ1) is 5.81. The van der Waals surface area contributed by atoms with Gasteiger partial charge in [0, 0.05) is 19.4 Å². The molecule has 1 aliphatic carbocycles. The molecule has 2 rings (SSSR count). The van der Waals surface area contributed by atoms with E-state index in [4.69, 9.17) is 0 Å². The molecule has 0 aliphatic heterocycles. The minimum Gasteiger partial charge on any atom is -0.299 e. The van der Waals surface area contributed by atoms with Crippen molar-refractivity contribution in [3.63, 3.8) is 0 Å². The molecule has 1 aromatic heterocycles. The number of ketones is 1. The van der Waals surface area contributed by atoms with Crippen molar-refractivity contribution in [2.75, 3.05) is 0 Å². The van der Waals surface area contributed by atoms with Crippen molar-refractivity contribution in [3.05, 3.63) is 11.4 Å². The summed E-state index contributed by atoms with van der Waals surface area (Å²) in [5.41, 5.74) is 2.03. The number of carbonyl (C=O) groups excluding carboxylic acids is 1. The summed E-state index contributed by atoms with van der Waals surface area (Å²) in [7, 11) is 0. The molecule has 0 unspecified atom stereocenters. The molecule has 0 saturated carbocycles. The van der Waals surface area contributed by atoms with Gasteiger partial charge in [0.1, 0.15) is 5.78 Å². The van der Waals surface area contributed by atoms with Gasteiger partial charge in [0.15, 0.2) is 0 Å². The molecule has 4 nitrogen and oxygen atoms in total. The first-order valence-corrected chi connectivity index (χ1v) is 4.24. The molecule has 0 bridgehead atoms. The minimum atomic E-state index is 0.305. The molecular formula is C8H11N3O. The number of hydrogen-bond acceptors (Lipinski definition) is 3. The molecule has 1 aromatic rings. The monoisotopic (exact) mass is 165 g/mol. The Morgan fingerprint density at radius 2 is 2.33 bits per heavy atom. The second-order valence-corrected chi connectivity index (χ2v) is 3.01. The normalized spacial score (nSPS) is 16.2. The summed E-state index contributed by atoms with van der Waals surface area (Å²) in [6.45, 7) is 2.81. The SMILES string of the molecule is CCn1nnc2c1CC(=O)CC2. The highest BCUT2D eigenvalue weighted by molar-refractivity contribution is 5.82. The predicted molar refractivity (Wildman–Crippen MR) is 42.7 cm³/mol. The van der Waals surface area contributed by atoms with Gasteiger partial charge in [0.2, 0.25) is 0 Å². The Kier molecular flexibility index (Phi) is 1.67. The molecule has 0 N–H and O–H groups in total. The van der Waals surface area contributed by atoms with Crippen molar-refractivity contribution < 1.29 is 4.79 Å². The minimum absolute atomic E-state index is 0.305. The molecule has 1 aliphatic rings. The lowest BCUT2D eigenvalue weighted by molar-refractivity contribution is -0.118. The molecule has 4 heteroatoms. The van der Waals surface area contributed by atoms with Gasteiger partial charge in [-0.05, 0) is 6.92 Å². The third-order valence-corrected chi connectivity index (χ3v) is 2.22. The first kappa shape index (κ1) is 7.46. The second kappa shape index (κ2) is 2.69. The van der Waals surface area contributed by atoms with Crippen LogP contribution in [0, 0.1) is 0 Å². The van der Waals surface area contributed by atoms with E-state index in [0.717, 1.165) is 24.4 Å². The lowest BCUT2D eigenvalue weighted by atomic mass is 10.00. The smallest absolute Gasteiger partial charge is 0.139 e. The average Bonchev–Trinajstić information content (AvgIpc) is 2.46. The topological polar surface area (TPSA) is 47.8 Å². The third-order valence-electron chi connectivity index (χ3n) is 2.22. The molecule has 0 radical (unpaired) electrons. The quantitative estimate of drug-likeness (QED) is 0.603.